The highest BCUT2D eigenvalue weighted by Gasteiger charge is 2.05. The molecule has 0 aliphatic heterocycles. The number of nitrogens with zero attached hydrogens (tertiary/aromatic N) is 2. The molecule has 0 aromatic carbocycles. The van der Waals surface area contributed by atoms with Gasteiger partial charge in [-0.2, -0.15) is 0 Å². The second kappa shape index (κ2) is 7.19. The van der Waals surface area contributed by atoms with Crippen LogP contribution in [0.4, 0.5) is 5.95 Å². The van der Waals surface area contributed by atoms with Gasteiger partial charge in [-0.3, -0.25) is 0 Å². The van der Waals surface area contributed by atoms with E-state index in [4.69, 9.17) is 10.5 Å². The van der Waals surface area contributed by atoms with Gasteiger partial charge in [0.25, 0.3) is 0 Å². The average molecular weight is 238 g/mol. The topological polar surface area (TPSA) is 73.1 Å². The lowest BCUT2D eigenvalue weighted by atomic mass is 10.1. The Labute approximate surface area is 103 Å². The molecule has 1 heterocycles. The summed E-state index contributed by atoms with van der Waals surface area (Å²) < 4.78 is 5.27. The van der Waals surface area contributed by atoms with Gasteiger partial charge < -0.3 is 15.8 Å². The molecule has 0 unspecified atom stereocenters. The number of aryl methyl sites for hydroxylation is 1. The third-order valence-electron chi connectivity index (χ3n) is 2.26. The van der Waals surface area contributed by atoms with Crippen LogP contribution in [0, 0.1) is 6.92 Å². The molecule has 0 bridgehead atoms. The number of hydrogen-bond donors (Lipinski definition) is 2. The molecule has 0 saturated carbocycles. The highest BCUT2D eigenvalue weighted by Crippen LogP contribution is 2.14. The Morgan fingerprint density at radius 2 is 2.12 bits per heavy atom. The Kier molecular flexibility index (Phi) is 5.86. The summed E-state index contributed by atoms with van der Waals surface area (Å²) in [4.78, 5) is 8.78. The van der Waals surface area contributed by atoms with E-state index in [1.54, 1.807) is 0 Å². The first-order chi connectivity index (χ1) is 8.13. The lowest BCUT2D eigenvalue weighted by Crippen LogP contribution is -2.16. The van der Waals surface area contributed by atoms with E-state index in [9.17, 15) is 0 Å². The Morgan fingerprint density at radius 1 is 1.35 bits per heavy atom. The predicted octanol–water partition coefficient (Wildman–Crippen LogP) is 1.30. The molecule has 0 aliphatic rings. The SMILES string of the molecule is Cc1cc(C(C)C)nc(NCCOCCN)n1. The van der Waals surface area contributed by atoms with Crippen LogP contribution in [0.3, 0.4) is 0 Å². The molecule has 1 aromatic rings. The first-order valence-electron chi connectivity index (χ1n) is 6.00. The van der Waals surface area contributed by atoms with E-state index in [2.05, 4.69) is 29.1 Å². The zero-order valence-corrected chi connectivity index (χ0v) is 10.9. The van der Waals surface area contributed by atoms with Crippen molar-refractivity contribution < 1.29 is 4.74 Å². The van der Waals surface area contributed by atoms with Gasteiger partial charge in [-0.25, -0.2) is 9.97 Å². The fraction of sp³-hybridized carbons (Fsp3) is 0.667. The zero-order valence-electron chi connectivity index (χ0n) is 10.9. The van der Waals surface area contributed by atoms with E-state index in [-0.39, 0.29) is 0 Å². The first-order valence-corrected chi connectivity index (χ1v) is 6.00. The minimum Gasteiger partial charge on any atom is -0.378 e. The number of rotatable bonds is 7. The summed E-state index contributed by atoms with van der Waals surface area (Å²) in [6, 6.07) is 2.01. The summed E-state index contributed by atoms with van der Waals surface area (Å²) in [6.45, 7) is 8.67. The van der Waals surface area contributed by atoms with Crippen LogP contribution < -0.4 is 11.1 Å². The molecule has 5 nitrogen and oxygen atoms in total. The lowest BCUT2D eigenvalue weighted by molar-refractivity contribution is 0.151. The Bertz CT molecular complexity index is 341. The van der Waals surface area contributed by atoms with E-state index in [1.807, 2.05) is 13.0 Å². The molecular weight excluding hydrogens is 216 g/mol. The van der Waals surface area contributed by atoms with Crippen LogP contribution in [0.5, 0.6) is 0 Å². The summed E-state index contributed by atoms with van der Waals surface area (Å²) in [5.41, 5.74) is 7.36. The van der Waals surface area contributed by atoms with Crippen molar-refractivity contribution in [3.63, 3.8) is 0 Å². The standard InChI is InChI=1S/C12H22N4O/c1-9(2)11-8-10(3)15-12(16-11)14-5-7-17-6-4-13/h8-9H,4-7,13H2,1-3H3,(H,14,15,16). The molecule has 0 saturated heterocycles. The number of hydrogen-bond acceptors (Lipinski definition) is 5. The molecule has 1 aromatic heterocycles. The number of aromatic nitrogens is 2. The highest BCUT2D eigenvalue weighted by atomic mass is 16.5. The predicted molar refractivity (Wildman–Crippen MR) is 69.2 cm³/mol. The van der Waals surface area contributed by atoms with Crippen LogP contribution in [0.15, 0.2) is 6.07 Å². The molecule has 96 valence electrons. The molecule has 0 amide bonds. The number of nitrogens with one attached hydrogen (secondary N) is 1. The van der Waals surface area contributed by atoms with E-state index in [0.29, 0.717) is 38.2 Å². The average Bonchev–Trinajstić information content (AvgIpc) is 2.28. The quantitative estimate of drug-likeness (QED) is 0.700. The van der Waals surface area contributed by atoms with E-state index < -0.39 is 0 Å². The van der Waals surface area contributed by atoms with Crippen LogP contribution in [-0.4, -0.2) is 36.3 Å². The molecule has 0 atom stereocenters. The van der Waals surface area contributed by atoms with Crippen LogP contribution in [-0.2, 0) is 4.74 Å². The number of nitrogens with two attached hydrogens (primary N) is 1. The van der Waals surface area contributed by atoms with E-state index in [0.717, 1.165) is 11.4 Å². The van der Waals surface area contributed by atoms with Crippen molar-refractivity contribution in [2.45, 2.75) is 26.7 Å². The minimum atomic E-state index is 0.408. The largest absolute Gasteiger partial charge is 0.378 e. The van der Waals surface area contributed by atoms with Gasteiger partial charge in [0.1, 0.15) is 0 Å². The number of anilines is 1. The third-order valence-corrected chi connectivity index (χ3v) is 2.26. The summed E-state index contributed by atoms with van der Waals surface area (Å²) in [5, 5.41) is 3.15. The van der Waals surface area contributed by atoms with Gasteiger partial charge in [0.05, 0.1) is 13.2 Å². The molecule has 0 aliphatic carbocycles. The van der Waals surface area contributed by atoms with Crippen molar-refractivity contribution in [3.05, 3.63) is 17.5 Å². The maximum Gasteiger partial charge on any atom is 0.223 e. The van der Waals surface area contributed by atoms with E-state index in [1.165, 1.54) is 0 Å². The molecule has 5 heteroatoms. The molecule has 1 rings (SSSR count). The third kappa shape index (κ3) is 5.10. The maximum absolute atomic E-state index is 5.32. The molecular formula is C12H22N4O. The lowest BCUT2D eigenvalue weighted by Gasteiger charge is -2.10. The van der Waals surface area contributed by atoms with Crippen LogP contribution in [0.1, 0.15) is 31.2 Å². The molecule has 17 heavy (non-hydrogen) atoms. The Balaban J connectivity index is 2.47. The van der Waals surface area contributed by atoms with Crippen LogP contribution in [0.2, 0.25) is 0 Å². The second-order valence-corrected chi connectivity index (χ2v) is 4.24. The van der Waals surface area contributed by atoms with E-state index >= 15 is 0 Å². The monoisotopic (exact) mass is 238 g/mol. The summed E-state index contributed by atoms with van der Waals surface area (Å²) in [6.07, 6.45) is 0. The van der Waals surface area contributed by atoms with Crippen molar-refractivity contribution in [2.24, 2.45) is 5.73 Å². The Morgan fingerprint density at radius 3 is 2.76 bits per heavy atom. The fourth-order valence-corrected chi connectivity index (χ4v) is 1.39. The van der Waals surface area contributed by atoms with Crippen molar-refractivity contribution in [1.82, 2.24) is 9.97 Å². The summed E-state index contributed by atoms with van der Waals surface area (Å²) in [5.74, 6) is 1.08. The smallest absolute Gasteiger partial charge is 0.223 e. The number of ether oxygens (including phenoxy) is 1. The molecule has 0 radical (unpaired) electrons. The van der Waals surface area contributed by atoms with Gasteiger partial charge in [-0.05, 0) is 18.9 Å². The molecule has 0 fully saturated rings. The van der Waals surface area contributed by atoms with Crippen molar-refractivity contribution in [2.75, 3.05) is 31.6 Å². The normalized spacial score (nSPS) is 10.9. The van der Waals surface area contributed by atoms with Gasteiger partial charge in [0, 0.05) is 24.5 Å². The fourth-order valence-electron chi connectivity index (χ4n) is 1.39. The first kappa shape index (κ1) is 13.9. The maximum atomic E-state index is 5.32. The van der Waals surface area contributed by atoms with Gasteiger partial charge >= 0.3 is 0 Å². The van der Waals surface area contributed by atoms with Gasteiger partial charge in [0.15, 0.2) is 0 Å². The van der Waals surface area contributed by atoms with Crippen molar-refractivity contribution in [3.8, 4) is 0 Å². The Hall–Kier alpha value is -1.20. The minimum absolute atomic E-state index is 0.408. The van der Waals surface area contributed by atoms with Gasteiger partial charge in [-0.15, -0.1) is 0 Å². The van der Waals surface area contributed by atoms with Crippen LogP contribution in [0.25, 0.3) is 0 Å². The summed E-state index contributed by atoms with van der Waals surface area (Å²) >= 11 is 0. The van der Waals surface area contributed by atoms with Crippen molar-refractivity contribution >= 4 is 5.95 Å². The second-order valence-electron chi connectivity index (χ2n) is 4.24. The van der Waals surface area contributed by atoms with Gasteiger partial charge in [0.2, 0.25) is 5.95 Å². The van der Waals surface area contributed by atoms with Crippen molar-refractivity contribution in [1.29, 1.82) is 0 Å². The zero-order chi connectivity index (χ0) is 12.7. The molecule has 0 spiro atoms. The van der Waals surface area contributed by atoms with Crippen LogP contribution >= 0.6 is 0 Å². The van der Waals surface area contributed by atoms with Gasteiger partial charge in [-0.1, -0.05) is 13.8 Å². The summed E-state index contributed by atoms with van der Waals surface area (Å²) in [7, 11) is 0. The molecule has 3 N–H and O–H groups in total. The highest BCUT2D eigenvalue weighted by molar-refractivity contribution is 5.28.